The minimum absolute atomic E-state index is 0.279. The summed E-state index contributed by atoms with van der Waals surface area (Å²) in [6, 6.07) is 20.3. The topological polar surface area (TPSA) is 72.3 Å². The molecule has 8 heteroatoms. The van der Waals surface area contributed by atoms with E-state index in [-0.39, 0.29) is 5.91 Å². The number of hydrogen-bond donors (Lipinski definition) is 1. The summed E-state index contributed by atoms with van der Waals surface area (Å²) in [5.41, 5.74) is 2.89. The van der Waals surface area contributed by atoms with E-state index in [0.29, 0.717) is 22.0 Å². The molecule has 3 aromatic carbocycles. The quantitative estimate of drug-likeness (QED) is 0.451. The molecule has 32 heavy (non-hydrogen) atoms. The van der Waals surface area contributed by atoms with Gasteiger partial charge in [-0.2, -0.15) is 4.80 Å². The van der Waals surface area contributed by atoms with Crippen LogP contribution >= 0.6 is 11.6 Å². The zero-order valence-electron chi connectivity index (χ0n) is 18.3. The molecule has 0 aliphatic carbocycles. The van der Waals surface area contributed by atoms with Crippen molar-refractivity contribution in [1.82, 2.24) is 15.0 Å². The summed E-state index contributed by atoms with van der Waals surface area (Å²) in [7, 11) is 3.99. The van der Waals surface area contributed by atoms with Gasteiger partial charge in [0.1, 0.15) is 16.8 Å². The average Bonchev–Trinajstić information content (AvgIpc) is 3.18. The van der Waals surface area contributed by atoms with Gasteiger partial charge < -0.3 is 15.0 Å². The molecule has 0 atom stereocenters. The number of carbonyl (C=O) groups is 1. The Morgan fingerprint density at radius 2 is 1.62 bits per heavy atom. The molecule has 0 fully saturated rings. The van der Waals surface area contributed by atoms with Crippen LogP contribution in [0.25, 0.3) is 16.7 Å². The van der Waals surface area contributed by atoms with E-state index in [2.05, 4.69) is 15.5 Å². The van der Waals surface area contributed by atoms with Crippen molar-refractivity contribution in [3.8, 4) is 11.4 Å². The maximum absolute atomic E-state index is 12.8. The van der Waals surface area contributed by atoms with Crippen LogP contribution in [-0.2, 0) is 4.79 Å². The van der Waals surface area contributed by atoms with E-state index in [9.17, 15) is 4.79 Å². The molecular weight excluding hydrogens is 426 g/mol. The van der Waals surface area contributed by atoms with Crippen LogP contribution in [0.2, 0.25) is 5.02 Å². The monoisotopic (exact) mass is 449 g/mol. The number of nitrogens with zero attached hydrogens (tertiary/aromatic N) is 4. The predicted molar refractivity (Wildman–Crippen MR) is 128 cm³/mol. The lowest BCUT2D eigenvalue weighted by Crippen LogP contribution is -2.42. The summed E-state index contributed by atoms with van der Waals surface area (Å²) in [4.78, 5) is 16.5. The fraction of sp³-hybridized carbons (Fsp3) is 0.208. The molecule has 164 valence electrons. The van der Waals surface area contributed by atoms with Crippen molar-refractivity contribution < 1.29 is 9.53 Å². The fourth-order valence-electron chi connectivity index (χ4n) is 3.12. The molecule has 0 saturated carbocycles. The van der Waals surface area contributed by atoms with Gasteiger partial charge in [-0.15, -0.1) is 10.2 Å². The number of halogens is 1. The molecule has 4 aromatic rings. The lowest BCUT2D eigenvalue weighted by molar-refractivity contribution is -0.128. The number of benzene rings is 3. The van der Waals surface area contributed by atoms with Crippen LogP contribution in [0.15, 0.2) is 66.7 Å². The van der Waals surface area contributed by atoms with Gasteiger partial charge in [-0.1, -0.05) is 11.6 Å². The number of aromatic nitrogens is 3. The number of amides is 1. The third-order valence-electron chi connectivity index (χ3n) is 4.97. The Morgan fingerprint density at radius 3 is 2.28 bits per heavy atom. The van der Waals surface area contributed by atoms with E-state index in [4.69, 9.17) is 16.3 Å². The predicted octanol–water partition coefficient (Wildman–Crippen LogP) is 4.94. The van der Waals surface area contributed by atoms with Gasteiger partial charge in [-0.05, 0) is 80.6 Å². The highest BCUT2D eigenvalue weighted by Crippen LogP contribution is 2.24. The molecule has 1 aromatic heterocycles. The number of hydrogen-bond acceptors (Lipinski definition) is 5. The lowest BCUT2D eigenvalue weighted by atomic mass is 10.1. The standard InChI is InChI=1S/C24H24ClN5O2/c1-24(2,32-20-12-5-16(25)6-13-20)23(31)26-17-7-14-21-22(15-17)28-30(27-21)19-10-8-18(9-11-19)29(3)4/h5-15H,1-4H3,(H,26,31). The van der Waals surface area contributed by atoms with E-state index in [1.807, 2.05) is 49.3 Å². The summed E-state index contributed by atoms with van der Waals surface area (Å²) in [6.45, 7) is 3.42. The fourth-order valence-corrected chi connectivity index (χ4v) is 3.24. The zero-order valence-corrected chi connectivity index (χ0v) is 19.1. The minimum Gasteiger partial charge on any atom is -0.478 e. The maximum Gasteiger partial charge on any atom is 0.267 e. The van der Waals surface area contributed by atoms with Crippen LogP contribution in [0.5, 0.6) is 5.75 Å². The van der Waals surface area contributed by atoms with Gasteiger partial charge in [0.05, 0.1) is 5.69 Å². The van der Waals surface area contributed by atoms with Crippen molar-refractivity contribution >= 4 is 39.9 Å². The normalized spacial score (nSPS) is 11.4. The zero-order chi connectivity index (χ0) is 22.9. The lowest BCUT2D eigenvalue weighted by Gasteiger charge is -2.25. The molecule has 1 N–H and O–H groups in total. The molecule has 7 nitrogen and oxygen atoms in total. The molecule has 4 rings (SSSR count). The second-order valence-corrected chi connectivity index (χ2v) is 8.56. The van der Waals surface area contributed by atoms with Crippen molar-refractivity contribution in [3.63, 3.8) is 0 Å². The van der Waals surface area contributed by atoms with Gasteiger partial charge in [0, 0.05) is 30.5 Å². The Bertz CT molecular complexity index is 1250. The minimum atomic E-state index is -1.09. The first-order chi connectivity index (χ1) is 15.2. The summed E-state index contributed by atoms with van der Waals surface area (Å²) >= 11 is 5.91. The summed E-state index contributed by atoms with van der Waals surface area (Å²) in [5.74, 6) is 0.284. The van der Waals surface area contributed by atoms with Gasteiger partial charge in [0.15, 0.2) is 5.60 Å². The molecule has 1 amide bonds. The van der Waals surface area contributed by atoms with Gasteiger partial charge in [0.2, 0.25) is 0 Å². The van der Waals surface area contributed by atoms with E-state index in [0.717, 1.165) is 16.9 Å². The van der Waals surface area contributed by atoms with Crippen LogP contribution in [-0.4, -0.2) is 40.6 Å². The van der Waals surface area contributed by atoms with Crippen LogP contribution in [0.4, 0.5) is 11.4 Å². The first kappa shape index (κ1) is 21.6. The smallest absolute Gasteiger partial charge is 0.267 e. The van der Waals surface area contributed by atoms with E-state index in [1.165, 1.54) is 0 Å². The van der Waals surface area contributed by atoms with Crippen molar-refractivity contribution in [2.24, 2.45) is 0 Å². The molecule has 0 aliphatic rings. The molecule has 1 heterocycles. The number of nitrogens with one attached hydrogen (secondary N) is 1. The summed E-state index contributed by atoms with van der Waals surface area (Å²) in [6.07, 6.45) is 0. The second-order valence-electron chi connectivity index (χ2n) is 8.12. The number of rotatable bonds is 6. The van der Waals surface area contributed by atoms with Crippen molar-refractivity contribution in [2.45, 2.75) is 19.4 Å². The first-order valence-electron chi connectivity index (χ1n) is 10.1. The van der Waals surface area contributed by atoms with Crippen LogP contribution in [0.1, 0.15) is 13.8 Å². The first-order valence-corrected chi connectivity index (χ1v) is 10.5. The highest BCUT2D eigenvalue weighted by Gasteiger charge is 2.30. The molecule has 0 saturated heterocycles. The van der Waals surface area contributed by atoms with Crippen LogP contribution < -0.4 is 15.0 Å². The molecule has 0 spiro atoms. The van der Waals surface area contributed by atoms with Crippen molar-refractivity contribution in [3.05, 3.63) is 71.8 Å². The molecule has 0 unspecified atom stereocenters. The Kier molecular flexibility index (Phi) is 5.76. The summed E-state index contributed by atoms with van der Waals surface area (Å²) < 4.78 is 5.86. The SMILES string of the molecule is CN(C)c1ccc(-n2nc3ccc(NC(=O)C(C)(C)Oc4ccc(Cl)cc4)cc3n2)cc1. The third kappa shape index (κ3) is 4.68. The Labute approximate surface area is 191 Å². The molecule has 0 bridgehead atoms. The second kappa shape index (κ2) is 8.51. The third-order valence-corrected chi connectivity index (χ3v) is 5.22. The van der Waals surface area contributed by atoms with Gasteiger partial charge in [-0.25, -0.2) is 0 Å². The Balaban J connectivity index is 1.50. The van der Waals surface area contributed by atoms with Crippen LogP contribution in [0.3, 0.4) is 0 Å². The number of carbonyl (C=O) groups excluding carboxylic acids is 1. The van der Waals surface area contributed by atoms with Gasteiger partial charge in [-0.3, -0.25) is 4.79 Å². The Morgan fingerprint density at radius 1 is 0.969 bits per heavy atom. The number of fused-ring (bicyclic) bond motifs is 1. The van der Waals surface area contributed by atoms with E-state index < -0.39 is 5.60 Å². The molecular formula is C24H24ClN5O2. The summed E-state index contributed by atoms with van der Waals surface area (Å²) in [5, 5.41) is 12.6. The average molecular weight is 450 g/mol. The number of anilines is 2. The van der Waals surface area contributed by atoms with Gasteiger partial charge in [0.25, 0.3) is 5.91 Å². The molecule has 0 radical (unpaired) electrons. The van der Waals surface area contributed by atoms with E-state index in [1.54, 1.807) is 55.0 Å². The van der Waals surface area contributed by atoms with Crippen molar-refractivity contribution in [1.29, 1.82) is 0 Å². The van der Waals surface area contributed by atoms with Crippen molar-refractivity contribution in [2.75, 3.05) is 24.3 Å². The highest BCUT2D eigenvalue weighted by molar-refractivity contribution is 6.30. The Hall–Kier alpha value is -3.58. The largest absolute Gasteiger partial charge is 0.478 e. The highest BCUT2D eigenvalue weighted by atomic mass is 35.5. The van der Waals surface area contributed by atoms with Crippen LogP contribution in [0, 0.1) is 0 Å². The van der Waals surface area contributed by atoms with Gasteiger partial charge >= 0.3 is 0 Å². The maximum atomic E-state index is 12.8. The number of ether oxygens (including phenoxy) is 1. The molecule has 0 aliphatic heterocycles. The van der Waals surface area contributed by atoms with E-state index >= 15 is 0 Å².